The van der Waals surface area contributed by atoms with Crippen LogP contribution in [0.4, 0.5) is 0 Å². The molecule has 0 bridgehead atoms. The summed E-state index contributed by atoms with van der Waals surface area (Å²) in [5.74, 6) is 0.596. The summed E-state index contributed by atoms with van der Waals surface area (Å²) in [7, 11) is 0. The molecule has 0 rings (SSSR count). The van der Waals surface area contributed by atoms with E-state index < -0.39 is 0 Å². The molecule has 0 heterocycles. The predicted octanol–water partition coefficient (Wildman–Crippen LogP) is 3.18. The van der Waals surface area contributed by atoms with E-state index in [1.807, 2.05) is 13.8 Å². The van der Waals surface area contributed by atoms with Gasteiger partial charge in [0.15, 0.2) is 0 Å². The second kappa shape index (κ2) is 6.63. The lowest BCUT2D eigenvalue weighted by Crippen LogP contribution is -2.12. The first-order valence-corrected chi connectivity index (χ1v) is 5.31. The molecule has 82 valence electrons. The van der Waals surface area contributed by atoms with Crippen molar-refractivity contribution < 1.29 is 9.53 Å². The number of esters is 1. The van der Waals surface area contributed by atoms with Gasteiger partial charge in [0, 0.05) is 5.57 Å². The second-order valence-electron chi connectivity index (χ2n) is 4.35. The van der Waals surface area contributed by atoms with Gasteiger partial charge in [-0.05, 0) is 24.7 Å². The lowest BCUT2D eigenvalue weighted by molar-refractivity contribution is -0.139. The Hall–Kier alpha value is -0.790. The average molecular weight is 198 g/mol. The molecule has 0 radical (unpaired) electrons. The largest absolute Gasteiger partial charge is 0.462 e. The van der Waals surface area contributed by atoms with Crippen molar-refractivity contribution in [2.45, 2.75) is 40.5 Å². The van der Waals surface area contributed by atoms with Crippen LogP contribution in [0.1, 0.15) is 40.5 Å². The Morgan fingerprint density at radius 1 is 1.29 bits per heavy atom. The first-order valence-electron chi connectivity index (χ1n) is 5.31. The zero-order valence-corrected chi connectivity index (χ0v) is 9.80. The molecule has 0 aliphatic heterocycles. The zero-order valence-electron chi connectivity index (χ0n) is 9.80. The van der Waals surface area contributed by atoms with E-state index in [4.69, 9.17) is 4.74 Å². The number of carbonyl (C=O) groups excluding carboxylic acids is 1. The molecule has 0 amide bonds. The highest BCUT2D eigenvalue weighted by atomic mass is 16.5. The summed E-state index contributed by atoms with van der Waals surface area (Å²) in [6.07, 6.45) is 2.04. The van der Waals surface area contributed by atoms with Crippen LogP contribution in [-0.4, -0.2) is 12.6 Å². The topological polar surface area (TPSA) is 26.3 Å². The second-order valence-corrected chi connectivity index (χ2v) is 4.35. The van der Waals surface area contributed by atoms with Crippen LogP contribution in [-0.2, 0) is 9.53 Å². The molecule has 0 saturated carbocycles. The lowest BCUT2D eigenvalue weighted by atomic mass is 10.1. The lowest BCUT2D eigenvalue weighted by Gasteiger charge is -2.10. The van der Waals surface area contributed by atoms with Crippen LogP contribution in [0.15, 0.2) is 12.2 Å². The van der Waals surface area contributed by atoms with Gasteiger partial charge in [-0.15, -0.1) is 0 Å². The van der Waals surface area contributed by atoms with Gasteiger partial charge in [0.1, 0.15) is 0 Å². The number of hydrogen-bond acceptors (Lipinski definition) is 2. The standard InChI is InChI=1S/C12H22O2/c1-9(2)7-6-8-14-12(13)11(5)10(3)4/h9-10H,5-8H2,1-4H3. The van der Waals surface area contributed by atoms with E-state index in [-0.39, 0.29) is 11.9 Å². The minimum absolute atomic E-state index is 0.174. The van der Waals surface area contributed by atoms with E-state index >= 15 is 0 Å². The Kier molecular flexibility index (Phi) is 6.26. The smallest absolute Gasteiger partial charge is 0.333 e. The highest BCUT2D eigenvalue weighted by molar-refractivity contribution is 5.88. The number of hydrogen-bond donors (Lipinski definition) is 0. The Bertz CT molecular complexity index is 192. The summed E-state index contributed by atoms with van der Waals surface area (Å²) in [4.78, 5) is 11.3. The fraction of sp³-hybridized carbons (Fsp3) is 0.750. The number of ether oxygens (including phenoxy) is 1. The summed E-state index contributed by atoms with van der Waals surface area (Å²) in [6, 6.07) is 0. The van der Waals surface area contributed by atoms with Gasteiger partial charge in [-0.3, -0.25) is 0 Å². The fourth-order valence-electron chi connectivity index (χ4n) is 0.985. The van der Waals surface area contributed by atoms with Gasteiger partial charge in [-0.25, -0.2) is 4.79 Å². The SMILES string of the molecule is C=C(C(=O)OCCCC(C)C)C(C)C. The van der Waals surface area contributed by atoms with Gasteiger partial charge in [-0.2, -0.15) is 0 Å². The number of carbonyl (C=O) groups is 1. The van der Waals surface area contributed by atoms with E-state index in [0.29, 0.717) is 18.1 Å². The van der Waals surface area contributed by atoms with Crippen molar-refractivity contribution in [3.63, 3.8) is 0 Å². The third kappa shape index (κ3) is 5.79. The summed E-state index contributed by atoms with van der Waals surface area (Å²) < 4.78 is 5.08. The first-order chi connectivity index (χ1) is 6.45. The maximum atomic E-state index is 11.3. The molecular weight excluding hydrogens is 176 g/mol. The van der Waals surface area contributed by atoms with Crippen molar-refractivity contribution in [3.8, 4) is 0 Å². The van der Waals surface area contributed by atoms with E-state index in [0.717, 1.165) is 12.8 Å². The summed E-state index contributed by atoms with van der Waals surface area (Å²) in [5.41, 5.74) is 0.564. The molecule has 2 nitrogen and oxygen atoms in total. The minimum atomic E-state index is -0.247. The molecule has 0 atom stereocenters. The number of rotatable bonds is 6. The summed E-state index contributed by atoms with van der Waals surface area (Å²) in [6.45, 7) is 12.4. The van der Waals surface area contributed by atoms with Crippen molar-refractivity contribution >= 4 is 5.97 Å². The van der Waals surface area contributed by atoms with Crippen molar-refractivity contribution in [1.82, 2.24) is 0 Å². The van der Waals surface area contributed by atoms with Crippen LogP contribution >= 0.6 is 0 Å². The summed E-state index contributed by atoms with van der Waals surface area (Å²) >= 11 is 0. The third-order valence-corrected chi connectivity index (χ3v) is 2.12. The molecule has 2 heteroatoms. The summed E-state index contributed by atoms with van der Waals surface area (Å²) in [5, 5.41) is 0. The minimum Gasteiger partial charge on any atom is -0.462 e. The van der Waals surface area contributed by atoms with Crippen molar-refractivity contribution in [2.75, 3.05) is 6.61 Å². The predicted molar refractivity (Wildman–Crippen MR) is 59.0 cm³/mol. The van der Waals surface area contributed by atoms with Gasteiger partial charge < -0.3 is 4.74 Å². The van der Waals surface area contributed by atoms with Crippen LogP contribution in [0, 0.1) is 11.8 Å². The molecule has 0 aromatic rings. The van der Waals surface area contributed by atoms with Gasteiger partial charge in [0.25, 0.3) is 0 Å². The molecule has 0 N–H and O–H groups in total. The maximum absolute atomic E-state index is 11.3. The molecule has 0 aliphatic carbocycles. The van der Waals surface area contributed by atoms with Crippen LogP contribution in [0.5, 0.6) is 0 Å². The Morgan fingerprint density at radius 3 is 2.29 bits per heavy atom. The van der Waals surface area contributed by atoms with Gasteiger partial charge in [0.2, 0.25) is 0 Å². The van der Waals surface area contributed by atoms with Crippen molar-refractivity contribution in [2.24, 2.45) is 11.8 Å². The van der Waals surface area contributed by atoms with E-state index in [1.165, 1.54) is 0 Å². The van der Waals surface area contributed by atoms with E-state index in [1.54, 1.807) is 0 Å². The van der Waals surface area contributed by atoms with Gasteiger partial charge in [-0.1, -0.05) is 34.3 Å². The fourth-order valence-corrected chi connectivity index (χ4v) is 0.985. The van der Waals surface area contributed by atoms with Crippen LogP contribution in [0.3, 0.4) is 0 Å². The average Bonchev–Trinajstić information content (AvgIpc) is 2.10. The monoisotopic (exact) mass is 198 g/mol. The van der Waals surface area contributed by atoms with Crippen LogP contribution in [0.2, 0.25) is 0 Å². The van der Waals surface area contributed by atoms with E-state index in [2.05, 4.69) is 20.4 Å². The highest BCUT2D eigenvalue weighted by Crippen LogP contribution is 2.09. The molecule has 0 unspecified atom stereocenters. The van der Waals surface area contributed by atoms with Crippen molar-refractivity contribution in [3.05, 3.63) is 12.2 Å². The zero-order chi connectivity index (χ0) is 11.1. The Balaban J connectivity index is 3.60. The highest BCUT2D eigenvalue weighted by Gasteiger charge is 2.11. The first kappa shape index (κ1) is 13.2. The molecule has 0 saturated heterocycles. The van der Waals surface area contributed by atoms with Gasteiger partial charge in [0.05, 0.1) is 6.61 Å². The molecule has 0 aromatic heterocycles. The van der Waals surface area contributed by atoms with Crippen molar-refractivity contribution in [1.29, 1.82) is 0 Å². The molecule has 0 aliphatic rings. The molecule has 14 heavy (non-hydrogen) atoms. The van der Waals surface area contributed by atoms with Crippen LogP contribution in [0.25, 0.3) is 0 Å². The Labute approximate surface area is 87.3 Å². The van der Waals surface area contributed by atoms with Crippen LogP contribution < -0.4 is 0 Å². The molecular formula is C12H22O2. The quantitative estimate of drug-likeness (QED) is 0.372. The maximum Gasteiger partial charge on any atom is 0.333 e. The Morgan fingerprint density at radius 2 is 1.86 bits per heavy atom. The molecule has 0 spiro atoms. The van der Waals surface area contributed by atoms with E-state index in [9.17, 15) is 4.79 Å². The normalized spacial score (nSPS) is 10.7. The molecule has 0 fully saturated rings. The van der Waals surface area contributed by atoms with Gasteiger partial charge >= 0.3 is 5.97 Å². The third-order valence-electron chi connectivity index (χ3n) is 2.12. The molecule has 0 aromatic carbocycles.